The average Bonchev–Trinajstić information content (AvgIpc) is 2.82. The quantitative estimate of drug-likeness (QED) is 0.452. The summed E-state index contributed by atoms with van der Waals surface area (Å²) in [5.74, 6) is -0.364. The van der Waals surface area contributed by atoms with Gasteiger partial charge in [0.05, 0.1) is 12.7 Å². The van der Waals surface area contributed by atoms with Crippen LogP contribution >= 0.6 is 7.26 Å². The number of ether oxygens (including phenoxy) is 1. The lowest BCUT2D eigenvalue weighted by atomic mass is 10.2. The molecule has 0 spiro atoms. The highest BCUT2D eigenvalue weighted by atomic mass is 31.2. The summed E-state index contributed by atoms with van der Waals surface area (Å²) in [4.78, 5) is 26.2. The SMILES string of the molecule is CN(CCC[P+](c1ccccc1)(c1ccccc1)c1ccccc1)CC(=O)NC(=O)OC(C)(C)C. The number of nitrogens with zero attached hydrogens (tertiary/aromatic N) is 1. The van der Waals surface area contributed by atoms with Crippen LogP contribution in [0.25, 0.3) is 0 Å². The van der Waals surface area contributed by atoms with Crippen molar-refractivity contribution in [3.63, 3.8) is 0 Å². The maximum absolute atomic E-state index is 12.3. The van der Waals surface area contributed by atoms with Gasteiger partial charge in [0.15, 0.2) is 0 Å². The van der Waals surface area contributed by atoms with Gasteiger partial charge in [-0.2, -0.15) is 0 Å². The predicted octanol–water partition coefficient (Wildman–Crippen LogP) is 4.35. The van der Waals surface area contributed by atoms with Crippen molar-refractivity contribution < 1.29 is 14.3 Å². The molecule has 0 unspecified atom stereocenters. The Balaban J connectivity index is 1.76. The summed E-state index contributed by atoms with van der Waals surface area (Å²) in [6.07, 6.45) is 1.17. The molecule has 2 amide bonds. The minimum absolute atomic E-state index is 0.132. The number of carbonyl (C=O) groups is 2. The van der Waals surface area contributed by atoms with Gasteiger partial charge in [-0.1, -0.05) is 54.6 Å². The van der Waals surface area contributed by atoms with E-state index in [0.717, 1.165) is 19.1 Å². The number of imide groups is 1. The maximum Gasteiger partial charge on any atom is 0.414 e. The first kappa shape index (κ1) is 26.6. The highest BCUT2D eigenvalue weighted by Gasteiger charge is 2.44. The van der Waals surface area contributed by atoms with E-state index in [1.165, 1.54) is 15.9 Å². The summed E-state index contributed by atoms with van der Waals surface area (Å²) >= 11 is 0. The second kappa shape index (κ2) is 12.1. The van der Waals surface area contributed by atoms with Crippen LogP contribution in [0, 0.1) is 0 Å². The number of amides is 2. The molecule has 0 saturated heterocycles. The van der Waals surface area contributed by atoms with E-state index in [2.05, 4.69) is 96.3 Å². The number of hydrogen-bond acceptors (Lipinski definition) is 4. The molecule has 1 N–H and O–H groups in total. The second-order valence-corrected chi connectivity index (χ2v) is 13.3. The lowest BCUT2D eigenvalue weighted by molar-refractivity contribution is -0.121. The third-order valence-corrected chi connectivity index (χ3v) is 10.2. The van der Waals surface area contributed by atoms with Gasteiger partial charge in [0.25, 0.3) is 0 Å². The van der Waals surface area contributed by atoms with E-state index in [4.69, 9.17) is 4.74 Å². The third-order valence-electron chi connectivity index (χ3n) is 5.68. The zero-order valence-electron chi connectivity index (χ0n) is 21.1. The van der Waals surface area contributed by atoms with Gasteiger partial charge in [-0.25, -0.2) is 4.79 Å². The number of carbonyl (C=O) groups excluding carboxylic acids is 2. The van der Waals surface area contributed by atoms with E-state index >= 15 is 0 Å². The van der Waals surface area contributed by atoms with Gasteiger partial charge in [0.2, 0.25) is 5.91 Å². The molecule has 0 atom stereocenters. The minimum atomic E-state index is -1.89. The topological polar surface area (TPSA) is 58.6 Å². The third kappa shape index (κ3) is 7.48. The zero-order valence-corrected chi connectivity index (χ0v) is 22.0. The van der Waals surface area contributed by atoms with Crippen LogP contribution in [0.5, 0.6) is 0 Å². The van der Waals surface area contributed by atoms with Crippen LogP contribution in [-0.2, 0) is 9.53 Å². The van der Waals surface area contributed by atoms with Gasteiger partial charge in [0, 0.05) is 6.54 Å². The lowest BCUT2D eigenvalue weighted by Crippen LogP contribution is -2.41. The first-order chi connectivity index (χ1) is 16.7. The molecule has 0 saturated carbocycles. The zero-order chi connectivity index (χ0) is 25.3. The van der Waals surface area contributed by atoms with Crippen molar-refractivity contribution in [3.05, 3.63) is 91.0 Å². The molecular weight excluding hydrogens is 455 g/mol. The fourth-order valence-corrected chi connectivity index (χ4v) is 8.57. The van der Waals surface area contributed by atoms with Crippen molar-refractivity contribution in [2.45, 2.75) is 32.8 Å². The van der Waals surface area contributed by atoms with Crippen molar-refractivity contribution in [2.24, 2.45) is 0 Å². The summed E-state index contributed by atoms with van der Waals surface area (Å²) in [5, 5.41) is 6.37. The Morgan fingerprint density at radius 2 is 1.23 bits per heavy atom. The summed E-state index contributed by atoms with van der Waals surface area (Å²) in [6, 6.07) is 32.3. The number of alkyl carbamates (subject to hydrolysis) is 1. The Morgan fingerprint density at radius 3 is 1.63 bits per heavy atom. The van der Waals surface area contributed by atoms with Crippen LogP contribution in [0.1, 0.15) is 27.2 Å². The van der Waals surface area contributed by atoms with Gasteiger partial charge < -0.3 is 4.74 Å². The minimum Gasteiger partial charge on any atom is -0.444 e. The molecule has 0 aliphatic carbocycles. The Labute approximate surface area is 209 Å². The van der Waals surface area contributed by atoms with E-state index in [-0.39, 0.29) is 12.5 Å². The number of likely N-dealkylation sites (N-methyl/N-ethyl adjacent to an activating group) is 1. The molecule has 3 rings (SSSR count). The molecule has 0 fully saturated rings. The molecule has 6 heteroatoms. The van der Waals surface area contributed by atoms with Crippen LogP contribution in [0.15, 0.2) is 91.0 Å². The van der Waals surface area contributed by atoms with Crippen molar-refractivity contribution >= 4 is 35.2 Å². The molecule has 0 aromatic heterocycles. The molecule has 35 heavy (non-hydrogen) atoms. The van der Waals surface area contributed by atoms with Crippen molar-refractivity contribution in [1.82, 2.24) is 10.2 Å². The number of rotatable bonds is 9. The van der Waals surface area contributed by atoms with E-state index in [1.807, 2.05) is 11.9 Å². The fourth-order valence-electron chi connectivity index (χ4n) is 4.24. The largest absolute Gasteiger partial charge is 0.444 e. The van der Waals surface area contributed by atoms with Gasteiger partial charge in [-0.15, -0.1) is 0 Å². The van der Waals surface area contributed by atoms with Gasteiger partial charge in [-0.05, 0) is 70.6 Å². The monoisotopic (exact) mass is 491 g/mol. The van der Waals surface area contributed by atoms with Crippen molar-refractivity contribution in [1.29, 1.82) is 0 Å². The first-order valence-electron chi connectivity index (χ1n) is 12.0. The molecule has 0 radical (unpaired) electrons. The molecule has 0 aliphatic rings. The number of nitrogens with one attached hydrogen (secondary N) is 1. The standard InChI is InChI=1S/C29H35N2O3P/c1-29(2,3)34-28(33)30-27(32)23-31(4)21-14-22-35(24-15-8-5-9-16-24,25-17-10-6-11-18-25)26-19-12-7-13-20-26/h5-13,15-20H,14,21-23H2,1-4H3/p+1. The molecule has 0 aliphatic heterocycles. The highest BCUT2D eigenvalue weighted by Crippen LogP contribution is 2.55. The average molecular weight is 492 g/mol. The van der Waals surface area contributed by atoms with E-state index in [0.29, 0.717) is 0 Å². The molecule has 0 bridgehead atoms. The van der Waals surface area contributed by atoms with Crippen molar-refractivity contribution in [2.75, 3.05) is 26.3 Å². The summed E-state index contributed by atoms with van der Waals surface area (Å²) in [6.45, 7) is 6.17. The van der Waals surface area contributed by atoms with E-state index in [9.17, 15) is 9.59 Å². The van der Waals surface area contributed by atoms with E-state index in [1.54, 1.807) is 20.8 Å². The summed E-state index contributed by atoms with van der Waals surface area (Å²) in [7, 11) is 0.0139. The van der Waals surface area contributed by atoms with Gasteiger partial charge >= 0.3 is 6.09 Å². The Kier molecular flexibility index (Phi) is 9.20. The normalized spacial score (nSPS) is 11.8. The molecular formula is C29H36N2O3P+. The van der Waals surface area contributed by atoms with Crippen LogP contribution in [0.4, 0.5) is 4.79 Å². The van der Waals surface area contributed by atoms with Crippen molar-refractivity contribution in [3.8, 4) is 0 Å². The smallest absolute Gasteiger partial charge is 0.414 e. The Bertz CT molecular complexity index is 987. The van der Waals surface area contributed by atoms with Gasteiger partial charge in [-0.3, -0.25) is 15.0 Å². The fraction of sp³-hybridized carbons (Fsp3) is 0.310. The molecule has 0 heterocycles. The Morgan fingerprint density at radius 1 is 0.800 bits per heavy atom. The van der Waals surface area contributed by atoms with Crippen LogP contribution in [-0.4, -0.2) is 48.8 Å². The highest BCUT2D eigenvalue weighted by molar-refractivity contribution is 7.95. The van der Waals surface area contributed by atoms with Gasteiger partial charge in [0.1, 0.15) is 28.8 Å². The molecule has 184 valence electrons. The predicted molar refractivity (Wildman–Crippen MR) is 147 cm³/mol. The second-order valence-electron chi connectivity index (χ2n) is 9.68. The molecule has 3 aromatic rings. The lowest BCUT2D eigenvalue weighted by Gasteiger charge is -2.28. The van der Waals surface area contributed by atoms with E-state index < -0.39 is 19.0 Å². The van der Waals surface area contributed by atoms with Crippen LogP contribution in [0.3, 0.4) is 0 Å². The Hall–Kier alpha value is -3.01. The summed E-state index contributed by atoms with van der Waals surface area (Å²) < 4.78 is 5.18. The summed E-state index contributed by atoms with van der Waals surface area (Å²) in [5.41, 5.74) is -0.643. The van der Waals surface area contributed by atoms with Crippen LogP contribution < -0.4 is 21.2 Å². The number of hydrogen-bond donors (Lipinski definition) is 1. The van der Waals surface area contributed by atoms with Crippen LogP contribution in [0.2, 0.25) is 0 Å². The first-order valence-corrected chi connectivity index (χ1v) is 13.9. The molecule has 5 nitrogen and oxygen atoms in total. The molecule has 3 aromatic carbocycles. The maximum atomic E-state index is 12.3. The number of benzene rings is 3.